The lowest BCUT2D eigenvalue weighted by molar-refractivity contribution is -0.0494. The largest absolute Gasteiger partial charge is 0.434 e. The Morgan fingerprint density at radius 1 is 1.36 bits per heavy atom. The Morgan fingerprint density at radius 3 is 2.97 bits per heavy atom. The van der Waals surface area contributed by atoms with E-state index in [-0.39, 0.29) is 16.6 Å². The first-order valence-electron chi connectivity index (χ1n) is 11.2. The van der Waals surface area contributed by atoms with Crippen LogP contribution in [-0.2, 0) is 11.3 Å². The summed E-state index contributed by atoms with van der Waals surface area (Å²) < 4.78 is 39.7. The van der Waals surface area contributed by atoms with Gasteiger partial charge >= 0.3 is 6.61 Å². The van der Waals surface area contributed by atoms with Crippen LogP contribution < -0.4 is 15.4 Å². The van der Waals surface area contributed by atoms with Crippen LogP contribution in [0.5, 0.6) is 5.75 Å². The maximum Gasteiger partial charge on any atom is 0.387 e. The van der Waals surface area contributed by atoms with E-state index in [9.17, 15) is 13.6 Å². The van der Waals surface area contributed by atoms with Gasteiger partial charge in [-0.1, -0.05) is 0 Å². The normalized spacial score (nSPS) is 13.8. The number of rotatable bonds is 10. The third-order valence-electron chi connectivity index (χ3n) is 5.46. The van der Waals surface area contributed by atoms with E-state index >= 15 is 0 Å². The van der Waals surface area contributed by atoms with E-state index in [2.05, 4.69) is 25.8 Å². The predicted octanol–water partition coefficient (Wildman–Crippen LogP) is 3.16. The van der Waals surface area contributed by atoms with Crippen molar-refractivity contribution in [2.45, 2.75) is 23.3 Å². The van der Waals surface area contributed by atoms with Gasteiger partial charge < -0.3 is 20.1 Å². The van der Waals surface area contributed by atoms with Gasteiger partial charge in [-0.2, -0.15) is 19.0 Å². The lowest BCUT2D eigenvalue weighted by Gasteiger charge is -2.25. The summed E-state index contributed by atoms with van der Waals surface area (Å²) in [7, 11) is 1.81. The van der Waals surface area contributed by atoms with E-state index in [1.54, 1.807) is 53.2 Å². The smallest absolute Gasteiger partial charge is 0.387 e. The number of likely N-dealkylation sites (N-methyl/N-ethyl adjacent to an activating group) is 1. The molecule has 1 saturated heterocycles. The zero-order valence-electron chi connectivity index (χ0n) is 19.2. The van der Waals surface area contributed by atoms with Crippen molar-refractivity contribution in [3.05, 3.63) is 54.6 Å². The highest BCUT2D eigenvalue weighted by molar-refractivity contribution is 8.00. The van der Waals surface area contributed by atoms with Crippen molar-refractivity contribution < 1.29 is 23.0 Å². The Bertz CT molecular complexity index is 1370. The van der Waals surface area contributed by atoms with Gasteiger partial charge in [0.25, 0.3) is 5.91 Å². The van der Waals surface area contributed by atoms with E-state index < -0.39 is 12.5 Å². The van der Waals surface area contributed by atoms with Crippen molar-refractivity contribution in [1.29, 1.82) is 0 Å². The molecule has 1 amide bonds. The summed E-state index contributed by atoms with van der Waals surface area (Å²) in [5.41, 5.74) is 1.66. The average molecular weight is 516 g/mol. The van der Waals surface area contributed by atoms with Gasteiger partial charge in [0.05, 0.1) is 36.9 Å². The maximum atomic E-state index is 13.2. The van der Waals surface area contributed by atoms with Crippen LogP contribution in [-0.4, -0.2) is 69.0 Å². The number of ether oxygens (including phenoxy) is 2. The molecule has 13 heteroatoms. The van der Waals surface area contributed by atoms with Crippen LogP contribution in [0.1, 0.15) is 10.4 Å². The maximum absolute atomic E-state index is 13.2. The molecule has 188 valence electrons. The van der Waals surface area contributed by atoms with Crippen LogP contribution in [0.25, 0.3) is 16.9 Å². The van der Waals surface area contributed by atoms with Crippen molar-refractivity contribution in [3.63, 3.8) is 0 Å². The molecule has 0 unspecified atom stereocenters. The number of amides is 1. The topological polar surface area (TPSA) is 108 Å². The molecule has 0 saturated carbocycles. The second-order valence-electron chi connectivity index (χ2n) is 7.97. The Kier molecular flexibility index (Phi) is 7.11. The van der Waals surface area contributed by atoms with E-state index in [0.29, 0.717) is 48.9 Å². The van der Waals surface area contributed by atoms with Gasteiger partial charge in [0, 0.05) is 35.6 Å². The lowest BCUT2D eigenvalue weighted by Crippen LogP contribution is -2.30. The first-order valence-corrected chi connectivity index (χ1v) is 12.0. The summed E-state index contributed by atoms with van der Waals surface area (Å²) >= 11 is 1.59. The molecule has 3 aromatic heterocycles. The molecular formula is C23H23F2N7O3S. The third kappa shape index (κ3) is 5.17. The van der Waals surface area contributed by atoms with E-state index in [1.807, 2.05) is 7.05 Å². The van der Waals surface area contributed by atoms with Gasteiger partial charge in [0.15, 0.2) is 5.65 Å². The number of thioether (sulfide) groups is 1. The minimum atomic E-state index is -3.02. The number of carbonyl (C=O) groups is 1. The number of nitrogens with one attached hydrogen (secondary N) is 2. The van der Waals surface area contributed by atoms with Gasteiger partial charge in [0.1, 0.15) is 17.0 Å². The standard InChI is InChI=1S/C23H23F2N7O3S/c1-26-6-8-31-11-18(29-22(33)17-10-28-32-7-2-5-27-21(17)32)20(30-31)16-9-14(36-15-12-34-13-15)3-4-19(16)35-23(24)25/h2-5,7,9-11,15,23,26H,6,8,12-13H2,1H3,(H,29,33). The molecular weight excluding hydrogens is 492 g/mol. The molecule has 1 fully saturated rings. The Balaban J connectivity index is 1.53. The molecule has 10 nitrogen and oxygen atoms in total. The number of benzene rings is 1. The van der Waals surface area contributed by atoms with Crippen LogP contribution in [0.4, 0.5) is 14.5 Å². The predicted molar refractivity (Wildman–Crippen MR) is 130 cm³/mol. The lowest BCUT2D eigenvalue weighted by atomic mass is 10.1. The highest BCUT2D eigenvalue weighted by Gasteiger charge is 2.24. The average Bonchev–Trinajstić information content (AvgIpc) is 3.44. The molecule has 4 heterocycles. The summed E-state index contributed by atoms with van der Waals surface area (Å²) in [6.07, 6.45) is 6.34. The second-order valence-corrected chi connectivity index (χ2v) is 9.35. The molecule has 2 N–H and O–H groups in total. The molecule has 1 aliphatic heterocycles. The molecule has 1 aliphatic rings. The molecule has 0 aliphatic carbocycles. The number of nitrogens with zero attached hydrogens (tertiary/aromatic N) is 5. The van der Waals surface area contributed by atoms with Crippen molar-refractivity contribution >= 4 is 29.0 Å². The number of halogens is 2. The molecule has 0 spiro atoms. The van der Waals surface area contributed by atoms with Crippen molar-refractivity contribution in [1.82, 2.24) is 29.7 Å². The summed E-state index contributed by atoms with van der Waals surface area (Å²) in [6.45, 7) is -0.649. The minimum absolute atomic E-state index is 0.0359. The zero-order valence-corrected chi connectivity index (χ0v) is 20.0. The third-order valence-corrected chi connectivity index (χ3v) is 6.59. The Labute approximate surface area is 209 Å². The van der Waals surface area contributed by atoms with Crippen LogP contribution in [0.15, 0.2) is 53.9 Å². The van der Waals surface area contributed by atoms with Crippen LogP contribution in [0.3, 0.4) is 0 Å². The highest BCUT2D eigenvalue weighted by Crippen LogP contribution is 2.39. The zero-order chi connectivity index (χ0) is 25.1. The molecule has 0 radical (unpaired) electrons. The number of carbonyl (C=O) groups excluding carboxylic acids is 1. The van der Waals surface area contributed by atoms with Crippen molar-refractivity contribution in [3.8, 4) is 17.0 Å². The molecule has 0 bridgehead atoms. The molecule has 5 rings (SSSR count). The fourth-order valence-corrected chi connectivity index (χ4v) is 4.72. The SMILES string of the molecule is CNCCn1cc(NC(=O)c2cnn3cccnc23)c(-c2cc(SC3COC3)ccc2OC(F)F)n1. The molecule has 4 aromatic rings. The van der Waals surface area contributed by atoms with E-state index in [4.69, 9.17) is 9.47 Å². The van der Waals surface area contributed by atoms with Crippen LogP contribution in [0, 0.1) is 0 Å². The first-order chi connectivity index (χ1) is 17.5. The fourth-order valence-electron chi connectivity index (χ4n) is 3.67. The number of hydrogen-bond donors (Lipinski definition) is 2. The summed E-state index contributed by atoms with van der Waals surface area (Å²) in [5, 5.41) is 14.9. The monoisotopic (exact) mass is 515 g/mol. The Hall–Kier alpha value is -3.55. The Morgan fingerprint density at radius 2 is 2.22 bits per heavy atom. The summed E-state index contributed by atoms with van der Waals surface area (Å²) in [4.78, 5) is 18.3. The molecule has 0 atom stereocenters. The van der Waals surface area contributed by atoms with E-state index in [0.717, 1.165) is 4.90 Å². The number of alkyl halides is 2. The molecule has 36 heavy (non-hydrogen) atoms. The minimum Gasteiger partial charge on any atom is -0.434 e. The number of anilines is 1. The first kappa shape index (κ1) is 24.2. The van der Waals surface area contributed by atoms with Crippen LogP contribution >= 0.6 is 11.8 Å². The van der Waals surface area contributed by atoms with Gasteiger partial charge in [0.2, 0.25) is 0 Å². The van der Waals surface area contributed by atoms with Gasteiger partial charge in [-0.05, 0) is 31.3 Å². The fraction of sp³-hybridized carbons (Fsp3) is 0.304. The highest BCUT2D eigenvalue weighted by atomic mass is 32.2. The number of aromatic nitrogens is 5. The van der Waals surface area contributed by atoms with Crippen LogP contribution in [0.2, 0.25) is 0 Å². The second kappa shape index (κ2) is 10.6. The van der Waals surface area contributed by atoms with Gasteiger partial charge in [-0.25, -0.2) is 9.50 Å². The number of fused-ring (bicyclic) bond motifs is 1. The summed E-state index contributed by atoms with van der Waals surface area (Å²) in [6, 6.07) is 6.68. The quantitative estimate of drug-likeness (QED) is 0.332. The van der Waals surface area contributed by atoms with Crippen molar-refractivity contribution in [2.75, 3.05) is 32.1 Å². The van der Waals surface area contributed by atoms with Gasteiger partial charge in [-0.3, -0.25) is 9.48 Å². The van der Waals surface area contributed by atoms with Gasteiger partial charge in [-0.15, -0.1) is 11.8 Å². The van der Waals surface area contributed by atoms with E-state index in [1.165, 1.54) is 16.8 Å². The van der Waals surface area contributed by atoms with Crippen molar-refractivity contribution in [2.24, 2.45) is 0 Å². The number of hydrogen-bond acceptors (Lipinski definition) is 8. The summed E-state index contributed by atoms with van der Waals surface area (Å²) in [5.74, 6) is -0.488. The molecule has 1 aromatic carbocycles.